The van der Waals surface area contributed by atoms with Crippen LogP contribution in [0.25, 0.3) is 0 Å². The first-order valence-electron chi connectivity index (χ1n) is 8.03. The Balaban J connectivity index is 2.12. The van der Waals surface area contributed by atoms with E-state index in [4.69, 9.17) is 4.74 Å². The quantitative estimate of drug-likeness (QED) is 0.861. The van der Waals surface area contributed by atoms with Gasteiger partial charge in [-0.05, 0) is 46.6 Å². The van der Waals surface area contributed by atoms with Gasteiger partial charge in [-0.1, -0.05) is 19.3 Å². The monoisotopic (exact) mass is 283 g/mol. The Hall–Kier alpha value is -0.610. The van der Waals surface area contributed by atoms with Gasteiger partial charge >= 0.3 is 5.97 Å². The molecule has 0 radical (unpaired) electrons. The summed E-state index contributed by atoms with van der Waals surface area (Å²) in [6.07, 6.45) is 8.47. The summed E-state index contributed by atoms with van der Waals surface area (Å²) in [5, 5.41) is 9.33. The summed E-state index contributed by atoms with van der Waals surface area (Å²) in [5.74, 6) is -0.660. The maximum absolute atomic E-state index is 11.3. The van der Waals surface area contributed by atoms with Gasteiger partial charge < -0.3 is 9.84 Å². The summed E-state index contributed by atoms with van der Waals surface area (Å²) in [6, 6.07) is 0.450. The predicted octanol–water partition coefficient (Wildman–Crippen LogP) is 3.05. The van der Waals surface area contributed by atoms with Gasteiger partial charge in [-0.25, -0.2) is 0 Å². The van der Waals surface area contributed by atoms with E-state index in [0.717, 1.165) is 38.5 Å². The number of nitrogens with zero attached hydrogens (tertiary/aromatic N) is 1. The molecule has 0 aromatic rings. The minimum Gasteiger partial charge on any atom is -0.481 e. The fourth-order valence-electron chi connectivity index (χ4n) is 4.22. The van der Waals surface area contributed by atoms with Gasteiger partial charge in [0.2, 0.25) is 0 Å². The Bertz CT molecular complexity index is 329. The molecule has 2 atom stereocenters. The highest BCUT2D eigenvalue weighted by molar-refractivity contribution is 5.68. The van der Waals surface area contributed by atoms with Crippen molar-refractivity contribution in [3.63, 3.8) is 0 Å². The molecule has 1 saturated carbocycles. The van der Waals surface area contributed by atoms with Crippen LogP contribution in [0.15, 0.2) is 0 Å². The summed E-state index contributed by atoms with van der Waals surface area (Å²) in [6.45, 7) is 4.25. The Morgan fingerprint density at radius 1 is 1.20 bits per heavy atom. The van der Waals surface area contributed by atoms with Gasteiger partial charge in [0.05, 0.1) is 18.6 Å². The van der Waals surface area contributed by atoms with Crippen LogP contribution in [0.2, 0.25) is 0 Å². The lowest BCUT2D eigenvalue weighted by Crippen LogP contribution is -2.56. The van der Waals surface area contributed by atoms with Crippen LogP contribution in [-0.2, 0) is 9.53 Å². The Morgan fingerprint density at radius 2 is 1.75 bits per heavy atom. The molecule has 0 amide bonds. The van der Waals surface area contributed by atoms with Crippen molar-refractivity contribution in [3.05, 3.63) is 0 Å². The molecule has 2 rings (SSSR count). The number of ether oxygens (including phenoxy) is 1. The van der Waals surface area contributed by atoms with Gasteiger partial charge in [-0.15, -0.1) is 0 Å². The van der Waals surface area contributed by atoms with E-state index in [-0.39, 0.29) is 24.2 Å². The van der Waals surface area contributed by atoms with Gasteiger partial charge in [0.1, 0.15) is 0 Å². The second-order valence-electron chi connectivity index (χ2n) is 6.85. The van der Waals surface area contributed by atoms with Gasteiger partial charge in [-0.3, -0.25) is 9.69 Å². The molecule has 2 unspecified atom stereocenters. The normalized spacial score (nSPS) is 34.1. The number of hydrogen-bond donors (Lipinski definition) is 1. The third kappa shape index (κ3) is 3.53. The van der Waals surface area contributed by atoms with Gasteiger partial charge in [0, 0.05) is 11.6 Å². The van der Waals surface area contributed by atoms with E-state index in [1.54, 1.807) is 0 Å². The summed E-state index contributed by atoms with van der Waals surface area (Å²) in [7, 11) is 2.14. The number of carbonyl (C=O) groups is 1. The number of aliphatic carboxylic acids is 1. The van der Waals surface area contributed by atoms with Crippen molar-refractivity contribution >= 4 is 5.97 Å². The van der Waals surface area contributed by atoms with Gasteiger partial charge in [0.25, 0.3) is 0 Å². The smallest absolute Gasteiger partial charge is 0.305 e. The molecule has 0 bridgehead atoms. The van der Waals surface area contributed by atoms with Crippen LogP contribution in [0.3, 0.4) is 0 Å². The molecule has 0 aromatic heterocycles. The standard InChI is InChI=1S/C16H29NO3/c1-12-9-14(10-13(2)20-12)17(3)16(11-15(18)19)7-5-4-6-8-16/h12-14H,4-11H2,1-3H3,(H,18,19). The molecule has 1 aliphatic heterocycles. The largest absolute Gasteiger partial charge is 0.481 e. The molecule has 20 heavy (non-hydrogen) atoms. The van der Waals surface area contributed by atoms with Crippen molar-refractivity contribution in [2.24, 2.45) is 0 Å². The SMILES string of the molecule is CC1CC(N(C)C2(CC(=O)O)CCCCC2)CC(C)O1. The Labute approximate surface area is 122 Å². The fraction of sp³-hybridized carbons (Fsp3) is 0.938. The molecule has 0 aromatic carbocycles. The average Bonchev–Trinajstić information content (AvgIpc) is 2.37. The van der Waals surface area contributed by atoms with Crippen molar-refractivity contribution in [1.82, 2.24) is 4.90 Å². The van der Waals surface area contributed by atoms with Crippen molar-refractivity contribution in [1.29, 1.82) is 0 Å². The summed E-state index contributed by atoms with van der Waals surface area (Å²) in [4.78, 5) is 13.7. The van der Waals surface area contributed by atoms with Crippen molar-refractivity contribution < 1.29 is 14.6 Å². The van der Waals surface area contributed by atoms with E-state index in [9.17, 15) is 9.90 Å². The highest BCUT2D eigenvalue weighted by atomic mass is 16.5. The zero-order valence-electron chi connectivity index (χ0n) is 13.1. The Kier molecular flexibility index (Phi) is 5.08. The van der Waals surface area contributed by atoms with Crippen molar-refractivity contribution in [3.8, 4) is 0 Å². The summed E-state index contributed by atoms with van der Waals surface area (Å²) < 4.78 is 5.82. The lowest BCUT2D eigenvalue weighted by molar-refractivity contribution is -0.143. The van der Waals surface area contributed by atoms with Crippen molar-refractivity contribution in [2.45, 2.75) is 89.0 Å². The van der Waals surface area contributed by atoms with E-state index in [0.29, 0.717) is 6.04 Å². The first kappa shape index (κ1) is 15.8. The molecule has 4 nitrogen and oxygen atoms in total. The number of carboxylic acids is 1. The molecule has 0 spiro atoms. The zero-order valence-corrected chi connectivity index (χ0v) is 13.1. The maximum Gasteiger partial charge on any atom is 0.305 e. The fourth-order valence-corrected chi connectivity index (χ4v) is 4.22. The van der Waals surface area contributed by atoms with E-state index in [1.807, 2.05) is 0 Å². The van der Waals surface area contributed by atoms with Crippen LogP contribution in [0.1, 0.15) is 65.2 Å². The van der Waals surface area contributed by atoms with Gasteiger partial charge in [-0.2, -0.15) is 0 Å². The van der Waals surface area contributed by atoms with Crippen LogP contribution in [0.4, 0.5) is 0 Å². The highest BCUT2D eigenvalue weighted by Gasteiger charge is 2.42. The van der Waals surface area contributed by atoms with Crippen molar-refractivity contribution in [2.75, 3.05) is 7.05 Å². The molecule has 116 valence electrons. The van der Waals surface area contributed by atoms with E-state index >= 15 is 0 Å². The van der Waals surface area contributed by atoms with E-state index in [1.165, 1.54) is 6.42 Å². The minimum atomic E-state index is -0.660. The number of hydrogen-bond acceptors (Lipinski definition) is 3. The molecular weight excluding hydrogens is 254 g/mol. The molecule has 1 saturated heterocycles. The third-order valence-corrected chi connectivity index (χ3v) is 5.23. The lowest BCUT2D eigenvalue weighted by atomic mass is 9.76. The van der Waals surface area contributed by atoms with Crippen LogP contribution >= 0.6 is 0 Å². The lowest BCUT2D eigenvalue weighted by Gasteiger charge is -2.50. The predicted molar refractivity (Wildman–Crippen MR) is 78.9 cm³/mol. The number of carboxylic acid groups (broad SMARTS) is 1. The van der Waals surface area contributed by atoms with Gasteiger partial charge in [0.15, 0.2) is 0 Å². The molecule has 4 heteroatoms. The highest BCUT2D eigenvalue weighted by Crippen LogP contribution is 2.39. The Morgan fingerprint density at radius 3 is 2.25 bits per heavy atom. The van der Waals surface area contributed by atoms with Crippen LogP contribution in [-0.4, -0.2) is 46.8 Å². The van der Waals surface area contributed by atoms with E-state index in [2.05, 4.69) is 25.8 Å². The second kappa shape index (κ2) is 6.44. The molecule has 1 aliphatic carbocycles. The minimum absolute atomic E-state index is 0.133. The second-order valence-corrected chi connectivity index (χ2v) is 6.85. The molecule has 2 fully saturated rings. The van der Waals surface area contributed by atoms with E-state index < -0.39 is 5.97 Å². The van der Waals surface area contributed by atoms with Crippen LogP contribution in [0.5, 0.6) is 0 Å². The molecule has 2 aliphatic rings. The molecule has 1 N–H and O–H groups in total. The summed E-state index contributed by atoms with van der Waals surface area (Å²) >= 11 is 0. The summed E-state index contributed by atoms with van der Waals surface area (Å²) in [5.41, 5.74) is -0.133. The van der Waals surface area contributed by atoms with Crippen LogP contribution in [0, 0.1) is 0 Å². The van der Waals surface area contributed by atoms with Crippen LogP contribution < -0.4 is 0 Å². The topological polar surface area (TPSA) is 49.8 Å². The molecular formula is C16H29NO3. The first-order valence-corrected chi connectivity index (χ1v) is 8.03. The average molecular weight is 283 g/mol. The molecule has 1 heterocycles. The zero-order chi connectivity index (χ0) is 14.8. The number of rotatable bonds is 4. The maximum atomic E-state index is 11.3. The third-order valence-electron chi connectivity index (χ3n) is 5.23. The first-order chi connectivity index (χ1) is 9.43.